The Balaban J connectivity index is 1.50. The van der Waals surface area contributed by atoms with Crippen LogP contribution in [0.4, 0.5) is 11.4 Å². The number of halogens is 2. The van der Waals surface area contributed by atoms with Crippen LogP contribution in [0.2, 0.25) is 0 Å². The Morgan fingerprint density at radius 2 is 1.66 bits per heavy atom. The highest BCUT2D eigenvalue weighted by atomic mass is 127. The van der Waals surface area contributed by atoms with E-state index in [1.54, 1.807) is 54.6 Å². The van der Waals surface area contributed by atoms with E-state index in [1.807, 2.05) is 25.1 Å². The zero-order valence-corrected chi connectivity index (χ0v) is 19.7. The van der Waals surface area contributed by atoms with Gasteiger partial charge in [-0.25, -0.2) is 9.69 Å². The number of ether oxygens (including phenoxy) is 1. The van der Waals surface area contributed by atoms with E-state index in [4.69, 9.17) is 16.3 Å². The summed E-state index contributed by atoms with van der Waals surface area (Å²) in [5.74, 6) is -1.20. The minimum absolute atomic E-state index is 0.0192. The predicted molar refractivity (Wildman–Crippen MR) is 131 cm³/mol. The molecule has 1 aliphatic heterocycles. The largest absolute Gasteiger partial charge is 0.423 e. The van der Waals surface area contributed by atoms with Crippen LogP contribution in [0.3, 0.4) is 0 Å². The molecule has 160 valence electrons. The van der Waals surface area contributed by atoms with Crippen LogP contribution in [0, 0.1) is 10.5 Å². The molecule has 6 nitrogen and oxygen atoms in total. The third-order valence-electron chi connectivity index (χ3n) is 4.77. The molecule has 32 heavy (non-hydrogen) atoms. The van der Waals surface area contributed by atoms with Gasteiger partial charge in [0.15, 0.2) is 0 Å². The number of imide groups is 1. The number of nitrogens with one attached hydrogen (secondary N) is 1. The molecular formula is C24H16ClIN2O4. The van der Waals surface area contributed by atoms with Crippen LogP contribution in [-0.2, 0) is 9.59 Å². The van der Waals surface area contributed by atoms with E-state index < -0.39 is 17.8 Å². The van der Waals surface area contributed by atoms with Crippen molar-refractivity contribution in [1.82, 2.24) is 0 Å². The number of hydrogen-bond donors (Lipinski definition) is 1. The van der Waals surface area contributed by atoms with Crippen LogP contribution in [0.15, 0.2) is 83.5 Å². The maximum Gasteiger partial charge on any atom is 0.343 e. The molecule has 3 aromatic rings. The number of esters is 1. The van der Waals surface area contributed by atoms with Gasteiger partial charge in [-0.05, 0) is 89.7 Å². The summed E-state index contributed by atoms with van der Waals surface area (Å²) in [4.78, 5) is 39.0. The quantitative estimate of drug-likeness (QED) is 0.200. The third-order valence-corrected chi connectivity index (χ3v) is 5.79. The molecule has 0 unspecified atom stereocenters. The van der Waals surface area contributed by atoms with Crippen molar-refractivity contribution in [3.05, 3.63) is 98.2 Å². The van der Waals surface area contributed by atoms with Gasteiger partial charge in [-0.1, -0.05) is 29.8 Å². The molecule has 1 aliphatic rings. The van der Waals surface area contributed by atoms with Gasteiger partial charge in [0.1, 0.15) is 16.5 Å². The Labute approximate surface area is 203 Å². The molecule has 0 saturated carbocycles. The SMILES string of the molecule is Cc1cc(I)ccc1N1C(=O)C(Cl)=C(Nc2ccc(C(=O)Oc3ccccc3)cc2)C1=O. The molecule has 0 atom stereocenters. The van der Waals surface area contributed by atoms with Gasteiger partial charge >= 0.3 is 5.97 Å². The molecule has 8 heteroatoms. The lowest BCUT2D eigenvalue weighted by Gasteiger charge is -2.17. The number of nitrogens with zero attached hydrogens (tertiary/aromatic N) is 1. The molecule has 0 spiro atoms. The van der Waals surface area contributed by atoms with Gasteiger partial charge in [0.25, 0.3) is 11.8 Å². The van der Waals surface area contributed by atoms with Crippen LogP contribution in [0.1, 0.15) is 15.9 Å². The lowest BCUT2D eigenvalue weighted by atomic mass is 10.2. The second kappa shape index (κ2) is 9.13. The summed E-state index contributed by atoms with van der Waals surface area (Å²) < 4.78 is 6.30. The Bertz CT molecular complexity index is 1260. The summed E-state index contributed by atoms with van der Waals surface area (Å²) in [5.41, 5.74) is 2.08. The van der Waals surface area contributed by atoms with Gasteiger partial charge in [0, 0.05) is 9.26 Å². The number of amides is 2. The number of carbonyl (C=O) groups is 3. The molecule has 1 heterocycles. The number of carbonyl (C=O) groups excluding carboxylic acids is 3. The van der Waals surface area contributed by atoms with E-state index in [9.17, 15) is 14.4 Å². The van der Waals surface area contributed by atoms with Gasteiger partial charge in [0.05, 0.1) is 11.3 Å². The first-order valence-electron chi connectivity index (χ1n) is 9.54. The maximum atomic E-state index is 13.0. The normalized spacial score (nSPS) is 13.5. The Hall–Kier alpha value is -3.17. The molecule has 0 saturated heterocycles. The Morgan fingerprint density at radius 1 is 0.969 bits per heavy atom. The van der Waals surface area contributed by atoms with Gasteiger partial charge in [-0.2, -0.15) is 0 Å². The smallest absolute Gasteiger partial charge is 0.343 e. The summed E-state index contributed by atoms with van der Waals surface area (Å²) in [7, 11) is 0. The van der Waals surface area contributed by atoms with E-state index in [2.05, 4.69) is 27.9 Å². The fourth-order valence-electron chi connectivity index (χ4n) is 3.19. The molecule has 0 radical (unpaired) electrons. The molecule has 1 N–H and O–H groups in total. The van der Waals surface area contributed by atoms with Crippen molar-refractivity contribution in [3.8, 4) is 5.75 Å². The lowest BCUT2D eigenvalue weighted by Crippen LogP contribution is -2.32. The summed E-state index contributed by atoms with van der Waals surface area (Å²) in [5, 5.41) is 2.71. The van der Waals surface area contributed by atoms with Crippen molar-refractivity contribution >= 4 is 63.4 Å². The van der Waals surface area contributed by atoms with Crippen molar-refractivity contribution in [3.63, 3.8) is 0 Å². The predicted octanol–water partition coefficient (Wildman–Crippen LogP) is 5.25. The number of rotatable bonds is 5. The summed E-state index contributed by atoms with van der Waals surface area (Å²) in [6.07, 6.45) is 0. The first-order valence-corrected chi connectivity index (χ1v) is 11.0. The monoisotopic (exact) mass is 558 g/mol. The van der Waals surface area contributed by atoms with Crippen LogP contribution in [-0.4, -0.2) is 17.8 Å². The van der Waals surface area contributed by atoms with Crippen molar-refractivity contribution in [2.75, 3.05) is 10.2 Å². The van der Waals surface area contributed by atoms with Crippen molar-refractivity contribution < 1.29 is 19.1 Å². The highest BCUT2D eigenvalue weighted by Gasteiger charge is 2.39. The third kappa shape index (κ3) is 4.39. The number of aryl methyl sites for hydroxylation is 1. The van der Waals surface area contributed by atoms with E-state index in [1.165, 1.54) is 0 Å². The van der Waals surface area contributed by atoms with E-state index in [0.717, 1.165) is 14.0 Å². The van der Waals surface area contributed by atoms with Crippen molar-refractivity contribution in [1.29, 1.82) is 0 Å². The molecular weight excluding hydrogens is 543 g/mol. The minimum Gasteiger partial charge on any atom is -0.423 e. The molecule has 3 aromatic carbocycles. The topological polar surface area (TPSA) is 75.7 Å². The summed E-state index contributed by atoms with van der Waals surface area (Å²) in [6.45, 7) is 1.82. The van der Waals surface area contributed by atoms with E-state index in [0.29, 0.717) is 22.7 Å². The number of hydrogen-bond acceptors (Lipinski definition) is 5. The van der Waals surface area contributed by atoms with Crippen molar-refractivity contribution in [2.45, 2.75) is 6.92 Å². The fourth-order valence-corrected chi connectivity index (χ4v) is 4.05. The zero-order valence-electron chi connectivity index (χ0n) is 16.8. The van der Waals surface area contributed by atoms with Crippen LogP contribution in [0.5, 0.6) is 5.75 Å². The average Bonchev–Trinajstić information content (AvgIpc) is 2.98. The second-order valence-corrected chi connectivity index (χ2v) is 8.59. The molecule has 2 amide bonds. The summed E-state index contributed by atoms with van der Waals surface area (Å²) >= 11 is 8.37. The van der Waals surface area contributed by atoms with Crippen LogP contribution in [0.25, 0.3) is 0 Å². The molecule has 4 rings (SSSR count). The van der Waals surface area contributed by atoms with E-state index in [-0.39, 0.29) is 10.7 Å². The average molecular weight is 559 g/mol. The van der Waals surface area contributed by atoms with Gasteiger partial charge in [0.2, 0.25) is 0 Å². The number of para-hydroxylation sites is 1. The van der Waals surface area contributed by atoms with Gasteiger partial charge in [-0.3, -0.25) is 9.59 Å². The molecule has 0 aromatic heterocycles. The minimum atomic E-state index is -0.591. The molecule has 0 fully saturated rings. The van der Waals surface area contributed by atoms with E-state index >= 15 is 0 Å². The van der Waals surface area contributed by atoms with Crippen molar-refractivity contribution in [2.24, 2.45) is 0 Å². The zero-order chi connectivity index (χ0) is 22.8. The first-order chi connectivity index (χ1) is 15.3. The number of benzene rings is 3. The summed E-state index contributed by atoms with van der Waals surface area (Å²) in [6, 6.07) is 20.5. The first kappa shape index (κ1) is 22.0. The Morgan fingerprint density at radius 3 is 2.31 bits per heavy atom. The van der Waals surface area contributed by atoms with Crippen LogP contribution >= 0.6 is 34.2 Å². The fraction of sp³-hybridized carbons (Fsp3) is 0.0417. The molecule has 0 aliphatic carbocycles. The maximum absolute atomic E-state index is 13.0. The standard InChI is InChI=1S/C24H16ClIN2O4/c1-14-13-16(26)9-12-19(14)28-22(29)20(25)21(23(28)30)27-17-10-7-15(8-11-17)24(31)32-18-5-3-2-4-6-18/h2-13,27H,1H3. The van der Waals surface area contributed by atoms with Gasteiger partial charge < -0.3 is 10.1 Å². The molecule has 0 bridgehead atoms. The highest BCUT2D eigenvalue weighted by molar-refractivity contribution is 14.1. The highest BCUT2D eigenvalue weighted by Crippen LogP contribution is 2.32. The lowest BCUT2D eigenvalue weighted by molar-refractivity contribution is -0.120. The Kier molecular flexibility index (Phi) is 6.29. The number of anilines is 2. The second-order valence-electron chi connectivity index (χ2n) is 6.97. The van der Waals surface area contributed by atoms with Gasteiger partial charge in [-0.15, -0.1) is 0 Å². The van der Waals surface area contributed by atoms with Crippen LogP contribution < -0.4 is 15.0 Å².